The molecule has 0 saturated heterocycles. The average Bonchev–Trinajstić information content (AvgIpc) is 2.94. The van der Waals surface area contributed by atoms with Crippen molar-refractivity contribution in [1.29, 1.82) is 0 Å². The van der Waals surface area contributed by atoms with Gasteiger partial charge in [-0.05, 0) is 79.6 Å². The van der Waals surface area contributed by atoms with Crippen LogP contribution in [-0.2, 0) is 9.59 Å². The van der Waals surface area contributed by atoms with Crippen LogP contribution in [0.4, 0.5) is 0 Å². The first-order valence-corrected chi connectivity index (χ1v) is 9.54. The molecule has 0 aromatic carbocycles. The van der Waals surface area contributed by atoms with Crippen LogP contribution >= 0.6 is 0 Å². The molecule has 0 aromatic rings. The van der Waals surface area contributed by atoms with Crippen LogP contribution in [0.5, 0.6) is 0 Å². The summed E-state index contributed by atoms with van der Waals surface area (Å²) in [6.45, 7) is 8.97. The number of hydrogen-bond donors (Lipinski definition) is 0. The van der Waals surface area contributed by atoms with Crippen molar-refractivity contribution < 1.29 is 9.59 Å². The summed E-state index contributed by atoms with van der Waals surface area (Å²) < 4.78 is 0. The van der Waals surface area contributed by atoms with Gasteiger partial charge in [-0.2, -0.15) is 0 Å². The van der Waals surface area contributed by atoms with Gasteiger partial charge in [-0.3, -0.25) is 9.59 Å². The normalized spacial score (nSPS) is 51.7. The Hall–Kier alpha value is -0.920. The fourth-order valence-corrected chi connectivity index (χ4v) is 7.50. The van der Waals surface area contributed by atoms with E-state index >= 15 is 0 Å². The Bertz CT molecular complexity index is 603. The van der Waals surface area contributed by atoms with Crippen LogP contribution in [-0.4, -0.2) is 11.6 Å². The van der Waals surface area contributed by atoms with Gasteiger partial charge in [-0.25, -0.2) is 0 Å². The maximum atomic E-state index is 12.2. The molecule has 0 aromatic heterocycles. The molecule has 3 saturated carbocycles. The van der Waals surface area contributed by atoms with Gasteiger partial charge in [0.2, 0.25) is 0 Å². The lowest BCUT2D eigenvalue weighted by Crippen LogP contribution is -2.45. The maximum Gasteiger partial charge on any atom is 0.155 e. The van der Waals surface area contributed by atoms with Crippen LogP contribution in [0.25, 0.3) is 0 Å². The van der Waals surface area contributed by atoms with Crippen LogP contribution in [0.1, 0.15) is 66.2 Å². The number of hydrogen-bond acceptors (Lipinski definition) is 2. The molecule has 0 unspecified atom stereocenters. The van der Waals surface area contributed by atoms with Crippen molar-refractivity contribution in [1.82, 2.24) is 0 Å². The summed E-state index contributed by atoms with van der Waals surface area (Å²) in [5, 5.41) is 0. The third kappa shape index (κ3) is 1.87. The molecule has 0 amide bonds. The summed E-state index contributed by atoms with van der Waals surface area (Å²) in [6, 6.07) is 0. The van der Waals surface area contributed by atoms with Gasteiger partial charge in [0.15, 0.2) is 5.78 Å². The van der Waals surface area contributed by atoms with Crippen molar-refractivity contribution in [3.8, 4) is 0 Å². The fourth-order valence-electron chi connectivity index (χ4n) is 7.50. The predicted molar refractivity (Wildman–Crippen MR) is 90.8 cm³/mol. The smallest absolute Gasteiger partial charge is 0.155 e. The van der Waals surface area contributed by atoms with Gasteiger partial charge < -0.3 is 0 Å². The summed E-state index contributed by atoms with van der Waals surface area (Å²) in [5.41, 5.74) is 1.89. The zero-order valence-corrected chi connectivity index (χ0v) is 15.0. The minimum atomic E-state index is 0.204. The standard InChI is InChI=1S/C21H30O2/c1-12-18-11-14(23)7-9-21(18,4)17-8-10-20(3)15(13(2)22)5-6-16(20)19(12)17/h11-12,15-17,19H,5-10H2,1-4H3/t12-,15-,16+,17+,19+,20+,21-/m1/s1. The zero-order chi connectivity index (χ0) is 16.6. The minimum absolute atomic E-state index is 0.204. The molecule has 0 spiro atoms. The Morgan fingerprint density at radius 3 is 2.57 bits per heavy atom. The minimum Gasteiger partial charge on any atom is -0.300 e. The Morgan fingerprint density at radius 2 is 1.87 bits per heavy atom. The molecule has 3 fully saturated rings. The lowest BCUT2D eigenvalue weighted by atomic mass is 9.54. The number of carbonyl (C=O) groups is 2. The summed E-state index contributed by atoms with van der Waals surface area (Å²) in [4.78, 5) is 24.2. The molecule has 126 valence electrons. The van der Waals surface area contributed by atoms with Gasteiger partial charge in [-0.15, -0.1) is 0 Å². The summed E-state index contributed by atoms with van der Waals surface area (Å²) >= 11 is 0. The van der Waals surface area contributed by atoms with E-state index in [9.17, 15) is 9.59 Å². The van der Waals surface area contributed by atoms with Crippen molar-refractivity contribution in [2.45, 2.75) is 66.2 Å². The number of fused-ring (bicyclic) bond motifs is 5. The van der Waals surface area contributed by atoms with Gasteiger partial charge >= 0.3 is 0 Å². The number of rotatable bonds is 1. The van der Waals surface area contributed by atoms with E-state index in [2.05, 4.69) is 20.8 Å². The van der Waals surface area contributed by atoms with Crippen molar-refractivity contribution in [3.63, 3.8) is 0 Å². The number of ketones is 2. The molecule has 0 heterocycles. The first-order chi connectivity index (χ1) is 10.8. The summed E-state index contributed by atoms with van der Waals surface area (Å²) in [7, 11) is 0. The molecule has 0 bridgehead atoms. The third-order valence-corrected chi connectivity index (χ3v) is 8.58. The molecular weight excluding hydrogens is 284 g/mol. The molecule has 7 atom stereocenters. The van der Waals surface area contributed by atoms with Crippen LogP contribution < -0.4 is 0 Å². The number of carbonyl (C=O) groups excluding carboxylic acids is 2. The van der Waals surface area contributed by atoms with Crippen LogP contribution in [0.2, 0.25) is 0 Å². The quantitative estimate of drug-likeness (QED) is 0.710. The van der Waals surface area contributed by atoms with Crippen molar-refractivity contribution >= 4 is 11.6 Å². The largest absolute Gasteiger partial charge is 0.300 e. The first-order valence-electron chi connectivity index (χ1n) is 9.54. The van der Waals surface area contributed by atoms with E-state index in [1.807, 2.05) is 6.08 Å². The molecule has 2 heteroatoms. The Balaban J connectivity index is 1.75. The maximum absolute atomic E-state index is 12.2. The molecule has 0 aliphatic heterocycles. The number of allylic oxidation sites excluding steroid dienone is 2. The average molecular weight is 314 g/mol. The van der Waals surface area contributed by atoms with Crippen LogP contribution in [0.3, 0.4) is 0 Å². The molecular formula is C21H30O2. The van der Waals surface area contributed by atoms with E-state index in [0.717, 1.165) is 25.2 Å². The van der Waals surface area contributed by atoms with Crippen molar-refractivity contribution in [3.05, 3.63) is 11.6 Å². The molecule has 4 aliphatic carbocycles. The molecule has 0 radical (unpaired) electrons. The Morgan fingerprint density at radius 1 is 1.13 bits per heavy atom. The predicted octanol–water partition coefficient (Wildman–Crippen LogP) is 4.58. The second kappa shape index (κ2) is 4.80. The highest BCUT2D eigenvalue weighted by Gasteiger charge is 2.63. The fraction of sp³-hybridized carbons (Fsp3) is 0.810. The SMILES string of the molecule is CC(=O)[C@H]1CC[C@H]2[C@@H]3[C@H](C)C4=CC(=O)CC[C@]4(C)[C@H]3CC[C@@]12C. The zero-order valence-electron chi connectivity index (χ0n) is 15.0. The Labute approximate surface area is 140 Å². The molecule has 4 aliphatic rings. The molecule has 2 nitrogen and oxygen atoms in total. The third-order valence-electron chi connectivity index (χ3n) is 8.58. The van der Waals surface area contributed by atoms with Crippen LogP contribution in [0.15, 0.2) is 11.6 Å². The van der Waals surface area contributed by atoms with E-state index < -0.39 is 0 Å². The topological polar surface area (TPSA) is 34.1 Å². The molecule has 4 rings (SSSR count). The van der Waals surface area contributed by atoms with E-state index in [1.54, 1.807) is 6.92 Å². The lowest BCUT2D eigenvalue weighted by Gasteiger charge is -2.49. The highest BCUT2D eigenvalue weighted by atomic mass is 16.1. The second-order valence-corrected chi connectivity index (χ2v) is 9.35. The molecule has 0 N–H and O–H groups in total. The van der Waals surface area contributed by atoms with E-state index in [4.69, 9.17) is 0 Å². The highest BCUT2D eigenvalue weighted by molar-refractivity contribution is 5.92. The highest BCUT2D eigenvalue weighted by Crippen LogP contribution is 2.70. The second-order valence-electron chi connectivity index (χ2n) is 9.35. The van der Waals surface area contributed by atoms with E-state index in [1.165, 1.54) is 24.8 Å². The van der Waals surface area contributed by atoms with Gasteiger partial charge in [-0.1, -0.05) is 26.3 Å². The summed E-state index contributed by atoms with van der Waals surface area (Å²) in [6.07, 6.45) is 8.52. The van der Waals surface area contributed by atoms with Crippen molar-refractivity contribution in [2.24, 2.45) is 40.4 Å². The van der Waals surface area contributed by atoms with Gasteiger partial charge in [0.25, 0.3) is 0 Å². The monoisotopic (exact) mass is 314 g/mol. The Kier molecular flexibility index (Phi) is 3.26. The number of Topliss-reactive ketones (excluding diaryl/α,β-unsaturated/α-hetero) is 1. The van der Waals surface area contributed by atoms with Gasteiger partial charge in [0.1, 0.15) is 5.78 Å². The molecule has 23 heavy (non-hydrogen) atoms. The summed E-state index contributed by atoms with van der Waals surface area (Å²) in [5.74, 6) is 3.59. The van der Waals surface area contributed by atoms with E-state index in [0.29, 0.717) is 29.3 Å². The van der Waals surface area contributed by atoms with Crippen molar-refractivity contribution in [2.75, 3.05) is 0 Å². The van der Waals surface area contributed by atoms with Gasteiger partial charge in [0, 0.05) is 12.3 Å². The lowest BCUT2D eigenvalue weighted by molar-refractivity contribution is -0.126. The van der Waals surface area contributed by atoms with E-state index in [-0.39, 0.29) is 16.7 Å². The van der Waals surface area contributed by atoms with Crippen LogP contribution in [0, 0.1) is 40.4 Å². The first kappa shape index (κ1) is 15.6. The van der Waals surface area contributed by atoms with Gasteiger partial charge in [0.05, 0.1) is 0 Å².